The molecule has 0 aliphatic heterocycles. The maximum Gasteiger partial charge on any atom is -1.00 e. The molecule has 0 spiro atoms. The van der Waals surface area contributed by atoms with Gasteiger partial charge in [-0.15, -0.1) is 0 Å². The number of hydrogen-bond donors (Lipinski definition) is 0. The molecule has 0 fully saturated rings. The van der Waals surface area contributed by atoms with Crippen molar-refractivity contribution in [3.8, 4) is 0 Å². The van der Waals surface area contributed by atoms with Crippen LogP contribution in [-0.4, -0.2) is 0 Å². The molecule has 128 valence electrons. The van der Waals surface area contributed by atoms with Crippen molar-refractivity contribution in [2.75, 3.05) is 0 Å². The van der Waals surface area contributed by atoms with Crippen molar-refractivity contribution in [2.45, 2.75) is 36.1 Å². The molecule has 4 rings (SSSR count). The average Bonchev–Trinajstić information content (AvgIpc) is 3.14. The zero-order chi connectivity index (χ0) is 16.1. The Balaban J connectivity index is 0.00000113. The second-order valence-electron chi connectivity index (χ2n) is 6.89. The summed E-state index contributed by atoms with van der Waals surface area (Å²) in [7, 11) is 0. The van der Waals surface area contributed by atoms with E-state index in [4.69, 9.17) is 0 Å². The first kappa shape index (κ1) is 20.5. The predicted molar refractivity (Wildman–Crippen MR) is 95.4 cm³/mol. The Morgan fingerprint density at radius 1 is 0.600 bits per heavy atom. The SMILES string of the molecule is Cc1ccc(C)c2c1C=C[CH]2[Ti+2][CH]1C=Cc2c(C)ccc(C)c21.[Cl-].[Cl-]. The van der Waals surface area contributed by atoms with Crippen LogP contribution in [-0.2, 0) is 19.2 Å². The Morgan fingerprint density at radius 3 is 1.36 bits per heavy atom. The van der Waals surface area contributed by atoms with E-state index in [0.29, 0.717) is 8.45 Å². The number of benzene rings is 2. The van der Waals surface area contributed by atoms with Gasteiger partial charge in [0.1, 0.15) is 0 Å². The largest absolute Gasteiger partial charge is 1.00 e. The van der Waals surface area contributed by atoms with E-state index < -0.39 is 0 Å². The Kier molecular flexibility index (Phi) is 6.44. The summed E-state index contributed by atoms with van der Waals surface area (Å²) in [5.74, 6) is 0. The van der Waals surface area contributed by atoms with E-state index in [1.165, 1.54) is 33.4 Å². The van der Waals surface area contributed by atoms with Crippen molar-refractivity contribution in [3.05, 3.63) is 80.9 Å². The maximum atomic E-state index is 2.47. The van der Waals surface area contributed by atoms with Crippen molar-refractivity contribution in [1.82, 2.24) is 0 Å². The zero-order valence-corrected chi connectivity index (χ0v) is 18.1. The van der Waals surface area contributed by atoms with Crippen LogP contribution in [0.5, 0.6) is 0 Å². The van der Waals surface area contributed by atoms with Crippen molar-refractivity contribution < 1.29 is 44.0 Å². The number of halogens is 2. The molecule has 25 heavy (non-hydrogen) atoms. The minimum Gasteiger partial charge on any atom is -1.00 e. The molecule has 2 aromatic carbocycles. The van der Waals surface area contributed by atoms with Crippen LogP contribution in [0.2, 0.25) is 0 Å². The third-order valence-corrected chi connectivity index (χ3v) is 7.96. The fourth-order valence-electron chi connectivity index (χ4n) is 4.03. The van der Waals surface area contributed by atoms with Crippen LogP contribution in [0.1, 0.15) is 53.0 Å². The molecule has 0 saturated carbocycles. The second kappa shape index (κ2) is 7.84. The number of hydrogen-bond acceptors (Lipinski definition) is 0. The molecule has 0 N–H and O–H groups in total. The molecule has 0 heterocycles. The summed E-state index contributed by atoms with van der Waals surface area (Å²) >= 11 is -0.153. The van der Waals surface area contributed by atoms with Crippen LogP contribution in [0, 0.1) is 27.7 Å². The molecule has 3 heteroatoms. The normalized spacial score (nSPS) is 18.9. The van der Waals surface area contributed by atoms with Crippen molar-refractivity contribution in [3.63, 3.8) is 0 Å². The molecule has 0 nitrogen and oxygen atoms in total. The topological polar surface area (TPSA) is 0 Å². The van der Waals surface area contributed by atoms with E-state index in [-0.39, 0.29) is 44.0 Å². The summed E-state index contributed by atoms with van der Waals surface area (Å²) in [6, 6.07) is 9.13. The number of fused-ring (bicyclic) bond motifs is 2. The molecule has 0 saturated heterocycles. The Morgan fingerprint density at radius 2 is 0.960 bits per heavy atom. The van der Waals surface area contributed by atoms with Gasteiger partial charge in [0.05, 0.1) is 0 Å². The van der Waals surface area contributed by atoms with Crippen LogP contribution < -0.4 is 24.8 Å². The zero-order valence-electron chi connectivity index (χ0n) is 15.0. The van der Waals surface area contributed by atoms with Gasteiger partial charge in [-0.2, -0.15) is 0 Å². The molecule has 2 aliphatic rings. The molecule has 0 amide bonds. The summed E-state index contributed by atoms with van der Waals surface area (Å²) in [4.78, 5) is 0. The van der Waals surface area contributed by atoms with E-state index in [1.54, 1.807) is 11.1 Å². The van der Waals surface area contributed by atoms with Gasteiger partial charge in [0.2, 0.25) is 0 Å². The molecule has 2 aromatic rings. The smallest absolute Gasteiger partial charge is 1.00 e. The van der Waals surface area contributed by atoms with Crippen LogP contribution in [0.4, 0.5) is 0 Å². The minimum atomic E-state index is -0.153. The second-order valence-corrected chi connectivity index (χ2v) is 9.36. The van der Waals surface area contributed by atoms with E-state index in [2.05, 4.69) is 76.3 Å². The van der Waals surface area contributed by atoms with Gasteiger partial charge in [-0.25, -0.2) is 0 Å². The fraction of sp³-hybridized carbons (Fsp3) is 0.273. The van der Waals surface area contributed by atoms with Crippen LogP contribution >= 0.6 is 0 Å². The van der Waals surface area contributed by atoms with E-state index in [1.807, 2.05) is 0 Å². The summed E-state index contributed by atoms with van der Waals surface area (Å²) in [5.41, 5.74) is 12.0. The summed E-state index contributed by atoms with van der Waals surface area (Å²) in [6.45, 7) is 9.03. The Bertz CT molecular complexity index is 793. The number of aryl methyl sites for hydroxylation is 4. The van der Waals surface area contributed by atoms with Gasteiger partial charge in [0, 0.05) is 0 Å². The molecule has 0 bridgehead atoms. The molecule has 2 unspecified atom stereocenters. The molecule has 0 aromatic heterocycles. The van der Waals surface area contributed by atoms with Crippen molar-refractivity contribution in [2.24, 2.45) is 0 Å². The van der Waals surface area contributed by atoms with E-state index in [9.17, 15) is 0 Å². The van der Waals surface area contributed by atoms with E-state index in [0.717, 1.165) is 0 Å². The third kappa shape index (κ3) is 3.43. The first-order valence-electron chi connectivity index (χ1n) is 8.39. The van der Waals surface area contributed by atoms with Gasteiger partial charge in [0.25, 0.3) is 0 Å². The quantitative estimate of drug-likeness (QED) is 0.610. The fourth-order valence-corrected chi connectivity index (χ4v) is 6.99. The number of rotatable bonds is 2. The Labute approximate surface area is 172 Å². The minimum absolute atomic E-state index is 0. The standard InChI is InChI=1S/2C11H11.2ClH.Ti/c2*1-8-6-7-9(2)11-5-3-4-10(8)11;;;/h2*3-7H,1-2H3;2*1H;/q;;;;+2/p-2. The summed E-state index contributed by atoms with van der Waals surface area (Å²) < 4.78 is 1.34. The molecule has 2 aliphatic carbocycles. The molecule has 2 atom stereocenters. The summed E-state index contributed by atoms with van der Waals surface area (Å²) in [5, 5.41) is 0. The van der Waals surface area contributed by atoms with Gasteiger partial charge in [-0.05, 0) is 0 Å². The molecular weight excluding hydrogens is 383 g/mol. The van der Waals surface area contributed by atoms with Crippen molar-refractivity contribution in [1.29, 1.82) is 0 Å². The predicted octanol–water partition coefficient (Wildman–Crippen LogP) is -0.153. The van der Waals surface area contributed by atoms with Gasteiger partial charge >= 0.3 is 148 Å². The maximum absolute atomic E-state index is 2.47. The number of allylic oxidation sites excluding steroid dienone is 2. The van der Waals surface area contributed by atoms with Crippen LogP contribution in [0.15, 0.2) is 36.4 Å². The van der Waals surface area contributed by atoms with Crippen molar-refractivity contribution >= 4 is 12.2 Å². The average molecular weight is 405 g/mol. The monoisotopic (exact) mass is 404 g/mol. The first-order chi connectivity index (χ1) is 11.1. The van der Waals surface area contributed by atoms with E-state index >= 15 is 0 Å². The van der Waals surface area contributed by atoms with Gasteiger partial charge in [-0.3, -0.25) is 0 Å². The molecule has 0 radical (unpaired) electrons. The van der Waals surface area contributed by atoms with Gasteiger partial charge in [0.15, 0.2) is 0 Å². The Hall–Kier alpha value is -0.786. The van der Waals surface area contributed by atoms with Gasteiger partial charge < -0.3 is 24.8 Å². The summed E-state index contributed by atoms with van der Waals surface area (Å²) in [6.07, 6.45) is 9.69. The first-order valence-corrected chi connectivity index (χ1v) is 10.2. The van der Waals surface area contributed by atoms with Crippen LogP contribution in [0.25, 0.3) is 12.2 Å². The van der Waals surface area contributed by atoms with Gasteiger partial charge in [-0.1, -0.05) is 0 Å². The third-order valence-electron chi connectivity index (χ3n) is 5.34. The molecular formula is C22H22Cl2Ti. The van der Waals surface area contributed by atoms with Crippen LogP contribution in [0.3, 0.4) is 0 Å².